The van der Waals surface area contributed by atoms with Crippen LogP contribution in [0.5, 0.6) is 0 Å². The van der Waals surface area contributed by atoms with Gasteiger partial charge in [0.25, 0.3) is 0 Å². The van der Waals surface area contributed by atoms with E-state index in [0.29, 0.717) is 23.7 Å². The molecule has 3 aromatic carbocycles. The lowest BCUT2D eigenvalue weighted by Gasteiger charge is -2.32. The molecule has 0 atom stereocenters. The normalized spacial score (nSPS) is 14.3. The number of piperidine rings is 1. The number of hydrogen-bond acceptors (Lipinski definition) is 4. The van der Waals surface area contributed by atoms with E-state index in [1.54, 1.807) is 12.1 Å². The number of nitrogens with zero attached hydrogens (tertiary/aromatic N) is 2. The maximum absolute atomic E-state index is 13.7. The van der Waals surface area contributed by atoms with Crippen LogP contribution in [0, 0.1) is 11.2 Å². The molecule has 2 heterocycles. The van der Waals surface area contributed by atoms with E-state index in [1.165, 1.54) is 12.1 Å². The predicted molar refractivity (Wildman–Crippen MR) is 144 cm³/mol. The van der Waals surface area contributed by atoms with Crippen LogP contribution in [0.2, 0.25) is 0 Å². The zero-order valence-corrected chi connectivity index (χ0v) is 19.9. The van der Waals surface area contributed by atoms with Gasteiger partial charge in [-0.1, -0.05) is 42.5 Å². The van der Waals surface area contributed by atoms with Crippen molar-refractivity contribution >= 4 is 28.4 Å². The lowest BCUT2D eigenvalue weighted by Crippen LogP contribution is -2.39. The average molecular weight is 470 g/mol. The van der Waals surface area contributed by atoms with Crippen LogP contribution in [-0.4, -0.2) is 34.8 Å². The Bertz CT molecular complexity index is 1350. The molecule has 0 radical (unpaired) electrons. The molecule has 1 saturated heterocycles. The van der Waals surface area contributed by atoms with Crippen molar-refractivity contribution in [2.75, 3.05) is 23.3 Å². The van der Waals surface area contributed by atoms with Crippen molar-refractivity contribution in [2.24, 2.45) is 0 Å². The van der Waals surface area contributed by atoms with Crippen molar-refractivity contribution < 1.29 is 5.82 Å². The number of imidazole rings is 1. The number of fused-ring (bicyclic) bond motifs is 1. The summed E-state index contributed by atoms with van der Waals surface area (Å²) in [6.07, 6.45) is 2.69. The van der Waals surface area contributed by atoms with E-state index in [2.05, 4.69) is 33.9 Å². The van der Waals surface area contributed by atoms with Crippen LogP contribution < -0.4 is 10.2 Å². The first-order valence-corrected chi connectivity index (χ1v) is 12.0. The second-order valence-electron chi connectivity index (χ2n) is 9.37. The Morgan fingerprint density at radius 3 is 2.69 bits per heavy atom. The Labute approximate surface area is 206 Å². The van der Waals surface area contributed by atoms with Crippen LogP contribution in [0.1, 0.15) is 37.9 Å². The lowest BCUT2D eigenvalue weighted by molar-refractivity contribution is 0.521. The summed E-state index contributed by atoms with van der Waals surface area (Å²) >= 11 is 0. The highest BCUT2D eigenvalue weighted by Gasteiger charge is 2.22. The molecule has 0 amide bonds. The average Bonchev–Trinajstić information content (AvgIpc) is 3.28. The number of hydrogen-bond donors (Lipinski definition) is 3. The second kappa shape index (κ2) is 9.74. The molecule has 1 fully saturated rings. The standard InChI is InChI=1S/C29H30FN5.H2/c1-19(2)16-21-18-24(10-11-25(21)28(31)20-6-5-7-22(30)17-20)32-23-12-14-35(15-13-23)29-33-26-8-3-4-9-27(26)34-29;/h3-11,17-18,23,31-32H,1,12-16H2,2H3,(H,33,34);1H. The molecule has 4 aromatic rings. The zero-order chi connectivity index (χ0) is 24.4. The highest BCUT2D eigenvalue weighted by molar-refractivity contribution is 6.12. The summed E-state index contributed by atoms with van der Waals surface area (Å²) in [7, 11) is 0. The first-order chi connectivity index (χ1) is 17.0. The third kappa shape index (κ3) is 5.11. The van der Waals surface area contributed by atoms with Crippen molar-refractivity contribution in [3.63, 3.8) is 0 Å². The molecule has 1 aliphatic rings. The monoisotopic (exact) mass is 469 g/mol. The minimum atomic E-state index is -0.332. The Hall–Kier alpha value is -3.93. The van der Waals surface area contributed by atoms with Crippen molar-refractivity contribution in [3.8, 4) is 0 Å². The molecule has 1 aliphatic heterocycles. The molecule has 5 nitrogen and oxygen atoms in total. The summed E-state index contributed by atoms with van der Waals surface area (Å²) in [5, 5.41) is 12.4. The Kier molecular flexibility index (Phi) is 6.36. The van der Waals surface area contributed by atoms with E-state index in [-0.39, 0.29) is 7.24 Å². The molecule has 0 bridgehead atoms. The SMILES string of the molecule is C=C(C)Cc1cc(NC2CCN(c3nc4ccccc4[nH]3)CC2)ccc1C(=N)c1cccc(F)c1.[HH]. The quantitative estimate of drug-likeness (QED) is 0.212. The van der Waals surface area contributed by atoms with E-state index in [1.807, 2.05) is 37.3 Å². The molecule has 3 N–H and O–H groups in total. The maximum atomic E-state index is 13.7. The van der Waals surface area contributed by atoms with E-state index in [0.717, 1.165) is 65.3 Å². The summed E-state index contributed by atoms with van der Waals surface area (Å²) in [4.78, 5) is 10.5. The number of nitrogens with one attached hydrogen (secondary N) is 3. The van der Waals surface area contributed by atoms with Gasteiger partial charge in [-0.25, -0.2) is 9.37 Å². The van der Waals surface area contributed by atoms with Crippen LogP contribution in [0.25, 0.3) is 11.0 Å². The summed E-state index contributed by atoms with van der Waals surface area (Å²) in [6.45, 7) is 7.92. The third-order valence-corrected chi connectivity index (χ3v) is 6.52. The van der Waals surface area contributed by atoms with Crippen LogP contribution in [0.4, 0.5) is 16.0 Å². The van der Waals surface area contributed by atoms with Crippen LogP contribution in [-0.2, 0) is 6.42 Å². The number of H-pyrrole nitrogens is 1. The maximum Gasteiger partial charge on any atom is 0.203 e. The summed E-state index contributed by atoms with van der Waals surface area (Å²) in [5.41, 5.74) is 6.86. The zero-order valence-electron chi connectivity index (χ0n) is 19.9. The minimum Gasteiger partial charge on any atom is -0.382 e. The number of para-hydroxylation sites is 2. The van der Waals surface area contributed by atoms with Gasteiger partial charge in [0.05, 0.1) is 16.7 Å². The highest BCUT2D eigenvalue weighted by Crippen LogP contribution is 2.26. The second-order valence-corrected chi connectivity index (χ2v) is 9.37. The number of allylic oxidation sites excluding steroid dienone is 1. The molecule has 1 aromatic heterocycles. The van der Waals surface area contributed by atoms with Gasteiger partial charge in [0.1, 0.15) is 5.82 Å². The molecule has 180 valence electrons. The molecular weight excluding hydrogens is 437 g/mol. The molecule has 0 aliphatic carbocycles. The fourth-order valence-corrected chi connectivity index (χ4v) is 4.76. The van der Waals surface area contributed by atoms with E-state index >= 15 is 0 Å². The van der Waals surface area contributed by atoms with Gasteiger partial charge in [0.15, 0.2) is 0 Å². The van der Waals surface area contributed by atoms with Gasteiger partial charge in [0.2, 0.25) is 5.95 Å². The summed E-state index contributed by atoms with van der Waals surface area (Å²) in [6, 6.07) is 20.8. The van der Waals surface area contributed by atoms with Crippen molar-refractivity contribution in [2.45, 2.75) is 32.2 Å². The van der Waals surface area contributed by atoms with Gasteiger partial charge in [-0.05, 0) is 68.1 Å². The number of aromatic nitrogens is 2. The van der Waals surface area contributed by atoms with Crippen molar-refractivity contribution in [1.82, 2.24) is 9.97 Å². The van der Waals surface area contributed by atoms with E-state index in [4.69, 9.17) is 10.4 Å². The number of halogens is 1. The van der Waals surface area contributed by atoms with Crippen molar-refractivity contribution in [3.05, 3.63) is 101 Å². The van der Waals surface area contributed by atoms with Gasteiger partial charge in [-0.2, -0.15) is 0 Å². The van der Waals surface area contributed by atoms with Gasteiger partial charge in [-0.15, -0.1) is 0 Å². The molecule has 0 unspecified atom stereocenters. The number of rotatable bonds is 7. The van der Waals surface area contributed by atoms with Gasteiger partial charge in [0, 0.05) is 37.4 Å². The van der Waals surface area contributed by atoms with Gasteiger partial charge >= 0.3 is 0 Å². The van der Waals surface area contributed by atoms with E-state index < -0.39 is 0 Å². The third-order valence-electron chi connectivity index (χ3n) is 6.52. The fraction of sp³-hybridized carbons (Fsp3) is 0.241. The van der Waals surface area contributed by atoms with Gasteiger partial charge in [-0.3, -0.25) is 5.41 Å². The molecular formula is C29H32FN5. The van der Waals surface area contributed by atoms with Crippen molar-refractivity contribution in [1.29, 1.82) is 5.41 Å². The lowest BCUT2D eigenvalue weighted by atomic mass is 9.93. The largest absolute Gasteiger partial charge is 0.382 e. The van der Waals surface area contributed by atoms with E-state index in [9.17, 15) is 4.39 Å². The fourth-order valence-electron chi connectivity index (χ4n) is 4.76. The Morgan fingerprint density at radius 1 is 1.14 bits per heavy atom. The molecule has 0 saturated carbocycles. The van der Waals surface area contributed by atoms with Crippen LogP contribution >= 0.6 is 0 Å². The molecule has 6 heteroatoms. The molecule has 0 spiro atoms. The summed E-state index contributed by atoms with van der Waals surface area (Å²) in [5.74, 6) is 0.606. The Balaban J connectivity index is 0.00000304. The first kappa shape index (κ1) is 22.8. The molecule has 35 heavy (non-hydrogen) atoms. The van der Waals surface area contributed by atoms with Crippen LogP contribution in [0.3, 0.4) is 0 Å². The number of anilines is 2. The number of aromatic amines is 1. The van der Waals surface area contributed by atoms with Gasteiger partial charge < -0.3 is 15.2 Å². The first-order valence-electron chi connectivity index (χ1n) is 12.0. The topological polar surface area (TPSA) is 67.8 Å². The summed E-state index contributed by atoms with van der Waals surface area (Å²) < 4.78 is 13.7. The Morgan fingerprint density at radius 2 is 1.94 bits per heavy atom. The minimum absolute atomic E-state index is 0. The predicted octanol–water partition coefficient (Wildman–Crippen LogP) is 6.56. The highest BCUT2D eigenvalue weighted by atomic mass is 19.1. The van der Waals surface area contributed by atoms with Crippen LogP contribution in [0.15, 0.2) is 78.9 Å². The number of benzene rings is 3. The smallest absolute Gasteiger partial charge is 0.203 e. The molecule has 5 rings (SSSR count).